The van der Waals surface area contributed by atoms with Crippen molar-refractivity contribution >= 4 is 15.8 Å². The molecule has 0 saturated carbocycles. The van der Waals surface area contributed by atoms with Gasteiger partial charge in [0.05, 0.1) is 18.1 Å². The summed E-state index contributed by atoms with van der Waals surface area (Å²) in [5, 5.41) is 8.99. The maximum absolute atomic E-state index is 13.9. The Morgan fingerprint density at radius 3 is 2.42 bits per heavy atom. The van der Waals surface area contributed by atoms with Crippen molar-refractivity contribution in [3.8, 4) is 0 Å². The second kappa shape index (κ2) is 6.38. The number of rotatable bonds is 4. The lowest BCUT2D eigenvalue weighted by Gasteiger charge is -2.43. The second-order valence-electron chi connectivity index (χ2n) is 6.28. The minimum absolute atomic E-state index is 0.0728. The molecule has 6 nitrogen and oxygen atoms in total. The Labute approximate surface area is 138 Å². The summed E-state index contributed by atoms with van der Waals surface area (Å²) in [6, 6.07) is 2.53. The molecule has 0 unspecified atom stereocenters. The second-order valence-corrected chi connectivity index (χ2v) is 8.44. The largest absolute Gasteiger partial charge is 0.480 e. The third-order valence-electron chi connectivity index (χ3n) is 4.63. The summed E-state index contributed by atoms with van der Waals surface area (Å²) in [5.74, 6) is -2.50. The lowest BCUT2D eigenvalue weighted by Crippen LogP contribution is -2.59. The Morgan fingerprint density at radius 2 is 1.79 bits per heavy atom. The van der Waals surface area contributed by atoms with E-state index in [1.807, 2.05) is 4.90 Å². The standard InChI is InChI=1S/C15H18F2N2O4S/c16-11-2-1-10(12(17)5-11)6-18-3-4-19(7-15(20)21)14-9-24(22,23)8-13(14)18/h1-2,5,13-14H,3-4,6-9H2,(H,20,21)/t13-,14+/m0/s1. The highest BCUT2D eigenvalue weighted by Crippen LogP contribution is 2.28. The van der Waals surface area contributed by atoms with E-state index in [-0.39, 0.29) is 30.6 Å². The molecule has 1 aromatic rings. The summed E-state index contributed by atoms with van der Waals surface area (Å²) in [5.41, 5.74) is 0.297. The predicted molar refractivity (Wildman–Crippen MR) is 82.2 cm³/mol. The highest BCUT2D eigenvalue weighted by molar-refractivity contribution is 7.91. The predicted octanol–water partition coefficient (Wildman–Crippen LogP) is 0.333. The summed E-state index contributed by atoms with van der Waals surface area (Å²) < 4.78 is 50.9. The van der Waals surface area contributed by atoms with Gasteiger partial charge in [-0.1, -0.05) is 6.07 Å². The number of sulfone groups is 1. The lowest BCUT2D eigenvalue weighted by molar-refractivity contribution is -0.139. The molecule has 2 aliphatic heterocycles. The van der Waals surface area contributed by atoms with Crippen LogP contribution in [0.3, 0.4) is 0 Å². The van der Waals surface area contributed by atoms with Gasteiger partial charge in [-0.25, -0.2) is 17.2 Å². The van der Waals surface area contributed by atoms with Crippen LogP contribution in [0.25, 0.3) is 0 Å². The van der Waals surface area contributed by atoms with E-state index in [4.69, 9.17) is 5.11 Å². The van der Waals surface area contributed by atoms with E-state index in [1.165, 1.54) is 12.1 Å². The fourth-order valence-electron chi connectivity index (χ4n) is 3.53. The first-order valence-electron chi connectivity index (χ1n) is 7.59. The topological polar surface area (TPSA) is 77.9 Å². The van der Waals surface area contributed by atoms with Crippen LogP contribution >= 0.6 is 0 Å². The van der Waals surface area contributed by atoms with Gasteiger partial charge in [-0.05, 0) is 6.07 Å². The SMILES string of the molecule is O=C(O)CN1CCN(Cc2ccc(F)cc2F)[C@H]2CS(=O)(=O)C[C@H]21. The summed E-state index contributed by atoms with van der Waals surface area (Å²) in [6.45, 7) is 0.783. The van der Waals surface area contributed by atoms with Gasteiger partial charge in [0.15, 0.2) is 9.84 Å². The van der Waals surface area contributed by atoms with E-state index in [2.05, 4.69) is 0 Å². The van der Waals surface area contributed by atoms with Crippen LogP contribution in [0.1, 0.15) is 5.56 Å². The van der Waals surface area contributed by atoms with Crippen LogP contribution in [0.15, 0.2) is 18.2 Å². The van der Waals surface area contributed by atoms with Gasteiger partial charge in [-0.3, -0.25) is 14.6 Å². The normalized spacial score (nSPS) is 27.1. The van der Waals surface area contributed by atoms with Crippen LogP contribution in [0.5, 0.6) is 0 Å². The van der Waals surface area contributed by atoms with Crippen LogP contribution in [-0.4, -0.2) is 72.5 Å². The zero-order chi connectivity index (χ0) is 17.5. The third-order valence-corrected chi connectivity index (χ3v) is 6.33. The number of fused-ring (bicyclic) bond motifs is 1. The van der Waals surface area contributed by atoms with Crippen molar-refractivity contribution in [2.45, 2.75) is 18.6 Å². The van der Waals surface area contributed by atoms with Gasteiger partial charge in [0.25, 0.3) is 0 Å². The molecule has 2 atom stereocenters. The molecular formula is C15H18F2N2O4S. The van der Waals surface area contributed by atoms with Gasteiger partial charge in [0.2, 0.25) is 0 Å². The molecule has 24 heavy (non-hydrogen) atoms. The minimum atomic E-state index is -3.27. The zero-order valence-corrected chi connectivity index (χ0v) is 13.7. The number of nitrogens with zero attached hydrogens (tertiary/aromatic N) is 2. The van der Waals surface area contributed by atoms with Crippen molar-refractivity contribution < 1.29 is 27.1 Å². The van der Waals surface area contributed by atoms with Crippen LogP contribution in [-0.2, 0) is 21.2 Å². The van der Waals surface area contributed by atoms with Crippen LogP contribution < -0.4 is 0 Å². The summed E-state index contributed by atoms with van der Waals surface area (Å²) in [6.07, 6.45) is 0. The van der Waals surface area contributed by atoms with Crippen molar-refractivity contribution in [2.24, 2.45) is 0 Å². The Morgan fingerprint density at radius 1 is 1.17 bits per heavy atom. The van der Waals surface area contributed by atoms with Gasteiger partial charge in [0.1, 0.15) is 11.6 Å². The zero-order valence-electron chi connectivity index (χ0n) is 12.9. The van der Waals surface area contributed by atoms with Crippen molar-refractivity contribution in [2.75, 3.05) is 31.1 Å². The first kappa shape index (κ1) is 17.2. The lowest BCUT2D eigenvalue weighted by atomic mass is 10.0. The minimum Gasteiger partial charge on any atom is -0.480 e. The van der Waals surface area contributed by atoms with E-state index in [9.17, 15) is 22.0 Å². The van der Waals surface area contributed by atoms with Crippen molar-refractivity contribution in [1.82, 2.24) is 9.80 Å². The highest BCUT2D eigenvalue weighted by Gasteiger charge is 2.46. The molecule has 0 amide bonds. The summed E-state index contributed by atoms with van der Waals surface area (Å²) in [7, 11) is -3.27. The Balaban J connectivity index is 1.81. The number of carboxylic acid groups (broad SMARTS) is 1. The molecule has 0 bridgehead atoms. The molecule has 0 aliphatic carbocycles. The number of carboxylic acids is 1. The van der Waals surface area contributed by atoms with E-state index >= 15 is 0 Å². The van der Waals surface area contributed by atoms with Crippen LogP contribution in [0.2, 0.25) is 0 Å². The van der Waals surface area contributed by atoms with Gasteiger partial charge in [0, 0.05) is 43.3 Å². The van der Waals surface area contributed by atoms with E-state index in [1.54, 1.807) is 4.90 Å². The average molecular weight is 360 g/mol. The number of halogens is 2. The summed E-state index contributed by atoms with van der Waals surface area (Å²) in [4.78, 5) is 14.5. The number of hydrogen-bond acceptors (Lipinski definition) is 5. The number of piperazine rings is 1. The van der Waals surface area contributed by atoms with Gasteiger partial charge < -0.3 is 5.11 Å². The molecule has 1 aromatic carbocycles. The number of benzene rings is 1. The molecule has 2 heterocycles. The molecular weight excluding hydrogens is 342 g/mol. The molecule has 0 spiro atoms. The molecule has 1 N–H and O–H groups in total. The van der Waals surface area contributed by atoms with E-state index < -0.39 is 33.5 Å². The van der Waals surface area contributed by atoms with Crippen molar-refractivity contribution in [3.63, 3.8) is 0 Å². The molecule has 0 aromatic heterocycles. The fourth-order valence-corrected chi connectivity index (χ4v) is 5.57. The number of hydrogen-bond donors (Lipinski definition) is 1. The molecule has 2 aliphatic rings. The van der Waals surface area contributed by atoms with Crippen molar-refractivity contribution in [1.29, 1.82) is 0 Å². The molecule has 132 valence electrons. The smallest absolute Gasteiger partial charge is 0.317 e. The van der Waals surface area contributed by atoms with Gasteiger partial charge in [-0.15, -0.1) is 0 Å². The Kier molecular flexibility index (Phi) is 4.58. The van der Waals surface area contributed by atoms with Crippen LogP contribution in [0, 0.1) is 11.6 Å². The quantitative estimate of drug-likeness (QED) is 0.834. The Bertz CT molecular complexity index is 756. The fraction of sp³-hybridized carbons (Fsp3) is 0.533. The molecule has 2 fully saturated rings. The van der Waals surface area contributed by atoms with Crippen LogP contribution in [0.4, 0.5) is 8.78 Å². The highest BCUT2D eigenvalue weighted by atomic mass is 32.2. The first-order chi connectivity index (χ1) is 11.2. The maximum Gasteiger partial charge on any atom is 0.317 e. The molecule has 0 radical (unpaired) electrons. The van der Waals surface area contributed by atoms with Gasteiger partial charge >= 0.3 is 5.97 Å². The summed E-state index contributed by atoms with van der Waals surface area (Å²) >= 11 is 0. The molecule has 9 heteroatoms. The monoisotopic (exact) mass is 360 g/mol. The Hall–Kier alpha value is -1.58. The van der Waals surface area contributed by atoms with Gasteiger partial charge in [-0.2, -0.15) is 0 Å². The van der Waals surface area contributed by atoms with E-state index in [0.29, 0.717) is 18.7 Å². The van der Waals surface area contributed by atoms with Crippen molar-refractivity contribution in [3.05, 3.63) is 35.4 Å². The third kappa shape index (κ3) is 3.57. The number of aliphatic carboxylic acids is 1. The molecule has 3 rings (SSSR count). The number of carbonyl (C=O) groups is 1. The first-order valence-corrected chi connectivity index (χ1v) is 9.41. The van der Waals surface area contributed by atoms with E-state index in [0.717, 1.165) is 6.07 Å². The average Bonchev–Trinajstić information content (AvgIpc) is 2.79. The maximum atomic E-state index is 13.9. The molecule has 2 saturated heterocycles.